The van der Waals surface area contributed by atoms with Gasteiger partial charge in [0, 0.05) is 36.2 Å². The van der Waals surface area contributed by atoms with Crippen LogP contribution >= 0.6 is 11.6 Å². The van der Waals surface area contributed by atoms with Gasteiger partial charge in [-0.1, -0.05) is 11.6 Å². The van der Waals surface area contributed by atoms with Gasteiger partial charge < -0.3 is 4.90 Å². The number of halogens is 2. The lowest BCUT2D eigenvalue weighted by Crippen LogP contribution is -2.35. The third-order valence-corrected chi connectivity index (χ3v) is 5.01. The Morgan fingerprint density at radius 3 is 2.83 bits per heavy atom. The summed E-state index contributed by atoms with van der Waals surface area (Å²) in [4.78, 5) is 17.9. The first kappa shape index (κ1) is 18.5. The average molecular weight is 373 g/mol. The minimum absolute atomic E-state index is 0.151. The van der Waals surface area contributed by atoms with Gasteiger partial charge in [0.1, 0.15) is 12.4 Å². The molecule has 9 heteroatoms. The molecule has 6 nitrogen and oxygen atoms in total. The molecule has 1 amide bonds. The van der Waals surface area contributed by atoms with Crippen molar-refractivity contribution in [2.75, 3.05) is 24.4 Å². The maximum absolute atomic E-state index is 12.9. The quantitative estimate of drug-likeness (QED) is 0.748. The van der Waals surface area contributed by atoms with Crippen molar-refractivity contribution in [1.29, 1.82) is 0 Å². The minimum Gasteiger partial charge on any atom is -0.308 e. The summed E-state index contributed by atoms with van der Waals surface area (Å²) < 4.78 is 25.9. The Kier molecular flexibility index (Phi) is 6.44. The van der Waals surface area contributed by atoms with E-state index < -0.39 is 22.7 Å². The maximum atomic E-state index is 12.9. The second-order valence-electron chi connectivity index (χ2n) is 5.08. The number of hydrogen-bond acceptors (Lipinski definition) is 4. The molecule has 0 aliphatic carbocycles. The number of hydrogen-bond donors (Lipinski definition) is 0. The van der Waals surface area contributed by atoms with Crippen LogP contribution in [0.2, 0.25) is 5.15 Å². The maximum Gasteiger partial charge on any atom is 0.228 e. The minimum atomic E-state index is -1.41. The van der Waals surface area contributed by atoms with Gasteiger partial charge in [0.15, 0.2) is 5.15 Å². The highest BCUT2D eigenvalue weighted by Crippen LogP contribution is 2.26. The molecule has 0 radical (unpaired) electrons. The van der Waals surface area contributed by atoms with E-state index in [-0.39, 0.29) is 17.5 Å². The molecule has 0 aliphatic heterocycles. The molecule has 130 valence electrons. The van der Waals surface area contributed by atoms with Gasteiger partial charge in [-0.05, 0) is 19.1 Å². The molecular formula is C15H18ClFN4O2S. The van der Waals surface area contributed by atoms with Gasteiger partial charge in [-0.15, -0.1) is 0 Å². The van der Waals surface area contributed by atoms with Gasteiger partial charge in [-0.25, -0.2) is 9.07 Å². The zero-order valence-electron chi connectivity index (χ0n) is 13.4. The van der Waals surface area contributed by atoms with Crippen LogP contribution in [0.3, 0.4) is 0 Å². The summed E-state index contributed by atoms with van der Waals surface area (Å²) in [7, 11) is -1.41. The molecule has 2 aromatic heterocycles. The number of rotatable bonds is 7. The van der Waals surface area contributed by atoms with Crippen molar-refractivity contribution in [3.8, 4) is 5.69 Å². The third-order valence-electron chi connectivity index (χ3n) is 3.51. The van der Waals surface area contributed by atoms with E-state index in [2.05, 4.69) is 10.1 Å². The van der Waals surface area contributed by atoms with Crippen LogP contribution in [0.4, 0.5) is 10.1 Å². The first-order valence-corrected chi connectivity index (χ1v) is 9.32. The van der Waals surface area contributed by atoms with E-state index >= 15 is 0 Å². The van der Waals surface area contributed by atoms with Gasteiger partial charge in [0.25, 0.3) is 0 Å². The second-order valence-corrected chi connectivity index (χ2v) is 7.10. The number of aromatic nitrogens is 3. The molecule has 0 saturated carbocycles. The monoisotopic (exact) mass is 372 g/mol. The first-order chi connectivity index (χ1) is 11.5. The van der Waals surface area contributed by atoms with E-state index in [1.807, 2.05) is 0 Å². The van der Waals surface area contributed by atoms with E-state index in [1.54, 1.807) is 37.6 Å². The zero-order chi connectivity index (χ0) is 17.7. The Bertz CT molecular complexity index is 726. The molecule has 2 unspecified atom stereocenters. The van der Waals surface area contributed by atoms with Crippen molar-refractivity contribution in [1.82, 2.24) is 14.8 Å². The predicted octanol–water partition coefficient (Wildman–Crippen LogP) is 2.38. The molecular weight excluding hydrogens is 355 g/mol. The van der Waals surface area contributed by atoms with Crippen LogP contribution in [-0.4, -0.2) is 49.6 Å². The van der Waals surface area contributed by atoms with Crippen molar-refractivity contribution < 1.29 is 13.4 Å². The van der Waals surface area contributed by atoms with E-state index in [0.717, 1.165) is 0 Å². The number of alkyl halides is 1. The fourth-order valence-electron chi connectivity index (χ4n) is 2.19. The molecule has 0 saturated heterocycles. The van der Waals surface area contributed by atoms with Crippen molar-refractivity contribution in [2.24, 2.45) is 0 Å². The second kappa shape index (κ2) is 8.34. The Morgan fingerprint density at radius 1 is 1.54 bits per heavy atom. The van der Waals surface area contributed by atoms with Crippen LogP contribution in [0.5, 0.6) is 0 Å². The fraction of sp³-hybridized carbons (Fsp3) is 0.400. The predicted molar refractivity (Wildman–Crippen MR) is 92.8 cm³/mol. The Balaban J connectivity index is 2.26. The van der Waals surface area contributed by atoms with Crippen LogP contribution in [0.1, 0.15) is 13.3 Å². The number of amides is 1. The number of pyridine rings is 1. The normalized spacial score (nSPS) is 13.5. The molecule has 2 atom stereocenters. The average Bonchev–Trinajstić information content (AvgIpc) is 2.95. The molecule has 2 rings (SSSR count). The highest BCUT2D eigenvalue weighted by atomic mass is 35.5. The summed E-state index contributed by atoms with van der Waals surface area (Å²) >= 11 is 6.17. The summed E-state index contributed by atoms with van der Waals surface area (Å²) in [6, 6.07) is 3.56. The van der Waals surface area contributed by atoms with Crippen LogP contribution in [0.25, 0.3) is 5.69 Å². The summed E-state index contributed by atoms with van der Waals surface area (Å²) in [6.07, 6.45) is 6.11. The summed E-state index contributed by atoms with van der Waals surface area (Å²) in [5.74, 6) is -0.344. The van der Waals surface area contributed by atoms with Crippen LogP contribution in [0.15, 0.2) is 30.7 Å². The number of carbonyl (C=O) groups excluding carboxylic acids is 1. The molecule has 2 heterocycles. The Morgan fingerprint density at radius 2 is 2.29 bits per heavy atom. The van der Waals surface area contributed by atoms with E-state index in [0.29, 0.717) is 17.9 Å². The summed E-state index contributed by atoms with van der Waals surface area (Å²) in [6.45, 7) is 1.31. The molecule has 0 N–H and O–H groups in total. The largest absolute Gasteiger partial charge is 0.308 e. The standard InChI is InChI=1S/C15H18ClFN4O2S/c1-3-20(14(22)7-12(8-17)24(2)23)13-10-21(19-15(13)16)11-5-4-6-18-9-11/h4-6,9-10,12H,3,7-8H2,1-2H3. The summed E-state index contributed by atoms with van der Waals surface area (Å²) in [5, 5.41) is 3.52. The lowest BCUT2D eigenvalue weighted by Gasteiger charge is -2.21. The number of nitrogens with zero attached hydrogens (tertiary/aromatic N) is 4. The lowest BCUT2D eigenvalue weighted by atomic mass is 10.2. The molecule has 24 heavy (non-hydrogen) atoms. The Hall–Kier alpha value is -1.80. The topological polar surface area (TPSA) is 68.1 Å². The Labute approximate surface area is 147 Å². The van der Waals surface area contributed by atoms with Gasteiger partial charge in [-0.2, -0.15) is 5.10 Å². The van der Waals surface area contributed by atoms with Gasteiger partial charge >= 0.3 is 0 Å². The van der Waals surface area contributed by atoms with Crippen molar-refractivity contribution in [2.45, 2.75) is 18.6 Å². The van der Waals surface area contributed by atoms with Crippen molar-refractivity contribution in [3.63, 3.8) is 0 Å². The lowest BCUT2D eigenvalue weighted by molar-refractivity contribution is -0.118. The molecule has 0 spiro atoms. The zero-order valence-corrected chi connectivity index (χ0v) is 14.9. The van der Waals surface area contributed by atoms with Crippen LogP contribution < -0.4 is 4.90 Å². The number of carbonyl (C=O) groups is 1. The summed E-state index contributed by atoms with van der Waals surface area (Å²) in [5.41, 5.74) is 1.12. The van der Waals surface area contributed by atoms with Gasteiger partial charge in [-0.3, -0.25) is 14.0 Å². The van der Waals surface area contributed by atoms with Crippen LogP contribution in [-0.2, 0) is 15.6 Å². The molecule has 0 bridgehead atoms. The molecule has 0 aromatic carbocycles. The van der Waals surface area contributed by atoms with Crippen LogP contribution in [0, 0.1) is 0 Å². The molecule has 0 aliphatic rings. The van der Waals surface area contributed by atoms with Gasteiger partial charge in [0.2, 0.25) is 5.91 Å². The number of anilines is 1. The van der Waals surface area contributed by atoms with Gasteiger partial charge in [0.05, 0.1) is 23.3 Å². The smallest absolute Gasteiger partial charge is 0.228 e. The highest BCUT2D eigenvalue weighted by Gasteiger charge is 2.25. The first-order valence-electron chi connectivity index (χ1n) is 7.32. The highest BCUT2D eigenvalue weighted by molar-refractivity contribution is 7.84. The fourth-order valence-corrected chi connectivity index (χ4v) is 2.98. The third kappa shape index (κ3) is 4.18. The van der Waals surface area contributed by atoms with Crippen molar-refractivity contribution in [3.05, 3.63) is 35.9 Å². The van der Waals surface area contributed by atoms with E-state index in [9.17, 15) is 13.4 Å². The van der Waals surface area contributed by atoms with Crippen molar-refractivity contribution >= 4 is 34.0 Å². The molecule has 2 aromatic rings. The van der Waals surface area contributed by atoms with E-state index in [1.165, 1.54) is 15.8 Å². The van der Waals surface area contributed by atoms with E-state index in [4.69, 9.17) is 11.6 Å². The molecule has 0 fully saturated rings. The SMILES string of the molecule is CCN(C(=O)CC(CF)S(C)=O)c1cn(-c2cccnc2)nc1Cl.